The average Bonchev–Trinajstić information content (AvgIpc) is 2.78. The number of nitrogens with one attached hydrogen (secondary N) is 1. The number of fused-ring (bicyclic) bond motifs is 1. The molecule has 0 aromatic heterocycles. The van der Waals surface area contributed by atoms with Crippen molar-refractivity contribution >= 4 is 11.9 Å². The Labute approximate surface area is 136 Å². The highest BCUT2D eigenvalue weighted by Crippen LogP contribution is 2.30. The molecule has 6 heteroatoms. The molecular weight excluding hydrogens is 298 g/mol. The Morgan fingerprint density at radius 2 is 1.96 bits per heavy atom. The van der Waals surface area contributed by atoms with Crippen LogP contribution >= 0.6 is 0 Å². The van der Waals surface area contributed by atoms with E-state index in [4.69, 9.17) is 14.2 Å². The van der Waals surface area contributed by atoms with Gasteiger partial charge in [0, 0.05) is 12.0 Å². The predicted molar refractivity (Wildman–Crippen MR) is 84.8 cm³/mol. The summed E-state index contributed by atoms with van der Waals surface area (Å²) in [6.07, 6.45) is 2.04. The topological polar surface area (TPSA) is 73.9 Å². The van der Waals surface area contributed by atoms with Crippen LogP contribution in [0.2, 0.25) is 0 Å². The van der Waals surface area contributed by atoms with Crippen molar-refractivity contribution in [2.45, 2.75) is 38.6 Å². The van der Waals surface area contributed by atoms with Crippen LogP contribution in [0.5, 0.6) is 11.5 Å². The van der Waals surface area contributed by atoms with Gasteiger partial charge in [0.2, 0.25) is 0 Å². The molecule has 0 spiro atoms. The summed E-state index contributed by atoms with van der Waals surface area (Å²) in [5.41, 5.74) is -0.634. The van der Waals surface area contributed by atoms with E-state index in [1.807, 2.05) is 6.92 Å². The number of methoxy groups -OCH3 is 1. The molecule has 0 aliphatic carbocycles. The van der Waals surface area contributed by atoms with Crippen molar-refractivity contribution < 1.29 is 23.8 Å². The number of esters is 1. The largest absolute Gasteiger partial charge is 0.490 e. The first-order valence-corrected chi connectivity index (χ1v) is 7.80. The fraction of sp³-hybridized carbons (Fsp3) is 0.529. The van der Waals surface area contributed by atoms with Crippen LogP contribution in [0.25, 0.3) is 0 Å². The van der Waals surface area contributed by atoms with Gasteiger partial charge in [0.25, 0.3) is 5.91 Å². The van der Waals surface area contributed by atoms with Gasteiger partial charge in [0.1, 0.15) is 5.54 Å². The summed E-state index contributed by atoms with van der Waals surface area (Å²) in [4.78, 5) is 24.5. The Hall–Kier alpha value is -2.24. The summed E-state index contributed by atoms with van der Waals surface area (Å²) < 4.78 is 15.9. The van der Waals surface area contributed by atoms with Crippen LogP contribution in [0, 0.1) is 0 Å². The van der Waals surface area contributed by atoms with Crippen LogP contribution in [-0.4, -0.2) is 37.7 Å². The molecule has 126 valence electrons. The number of ether oxygens (including phenoxy) is 3. The van der Waals surface area contributed by atoms with Crippen molar-refractivity contribution in [1.82, 2.24) is 5.32 Å². The van der Waals surface area contributed by atoms with Gasteiger partial charge in [0.15, 0.2) is 11.5 Å². The number of amides is 1. The Bertz CT molecular complexity index is 586. The lowest BCUT2D eigenvalue weighted by atomic mass is 9.95. The van der Waals surface area contributed by atoms with E-state index in [1.165, 1.54) is 7.11 Å². The molecule has 1 heterocycles. The van der Waals surface area contributed by atoms with E-state index in [-0.39, 0.29) is 5.91 Å². The molecule has 6 nitrogen and oxygen atoms in total. The first-order valence-electron chi connectivity index (χ1n) is 7.80. The highest BCUT2D eigenvalue weighted by molar-refractivity contribution is 5.98. The van der Waals surface area contributed by atoms with Gasteiger partial charge in [0.05, 0.1) is 20.3 Å². The van der Waals surface area contributed by atoms with Crippen molar-refractivity contribution in [1.29, 1.82) is 0 Å². The second-order valence-electron chi connectivity index (χ2n) is 5.74. The molecule has 2 rings (SSSR count). The van der Waals surface area contributed by atoms with Gasteiger partial charge in [-0.1, -0.05) is 13.3 Å². The van der Waals surface area contributed by atoms with E-state index in [1.54, 1.807) is 25.1 Å². The summed E-state index contributed by atoms with van der Waals surface area (Å²) in [6, 6.07) is 5.01. The lowest BCUT2D eigenvalue weighted by Gasteiger charge is -2.27. The lowest BCUT2D eigenvalue weighted by molar-refractivity contribution is -0.147. The Morgan fingerprint density at radius 3 is 2.61 bits per heavy atom. The third-order valence-corrected chi connectivity index (χ3v) is 3.79. The molecule has 1 atom stereocenters. The summed E-state index contributed by atoms with van der Waals surface area (Å²) in [5, 5.41) is 2.77. The highest BCUT2D eigenvalue weighted by atomic mass is 16.5. The number of benzene rings is 1. The minimum Gasteiger partial charge on any atom is -0.490 e. The van der Waals surface area contributed by atoms with Crippen molar-refractivity contribution in [3.05, 3.63) is 23.8 Å². The number of carbonyl (C=O) groups excluding carboxylic acids is 2. The molecule has 0 fully saturated rings. The highest BCUT2D eigenvalue weighted by Gasteiger charge is 2.35. The maximum absolute atomic E-state index is 12.5. The quantitative estimate of drug-likeness (QED) is 0.843. The van der Waals surface area contributed by atoms with Crippen molar-refractivity contribution in [3.8, 4) is 11.5 Å². The summed E-state index contributed by atoms with van der Waals surface area (Å²) in [6.45, 7) is 4.76. The van der Waals surface area contributed by atoms with Gasteiger partial charge in [-0.05, 0) is 31.5 Å². The van der Waals surface area contributed by atoms with E-state index < -0.39 is 11.5 Å². The van der Waals surface area contributed by atoms with E-state index >= 15 is 0 Å². The molecule has 23 heavy (non-hydrogen) atoms. The van der Waals surface area contributed by atoms with Crippen LogP contribution in [0.1, 0.15) is 43.5 Å². The minimum absolute atomic E-state index is 0.345. The summed E-state index contributed by atoms with van der Waals surface area (Å²) in [7, 11) is 1.32. The number of hydrogen-bond donors (Lipinski definition) is 1. The standard InChI is InChI=1S/C17H23NO5/c1-4-8-17(2,16(20)21-3)18-15(19)12-6-7-13-14(11-12)23-10-5-9-22-13/h6-7,11H,4-5,8-10H2,1-3H3,(H,18,19)/t17-/m1/s1. The minimum atomic E-state index is -1.05. The summed E-state index contributed by atoms with van der Waals surface area (Å²) >= 11 is 0. The van der Waals surface area contributed by atoms with Gasteiger partial charge < -0.3 is 19.5 Å². The van der Waals surface area contributed by atoms with E-state index in [0.717, 1.165) is 12.8 Å². The molecule has 0 bridgehead atoms. The van der Waals surface area contributed by atoms with Gasteiger partial charge >= 0.3 is 5.97 Å². The molecule has 1 aliphatic rings. The average molecular weight is 321 g/mol. The third kappa shape index (κ3) is 3.94. The molecular formula is C17H23NO5. The van der Waals surface area contributed by atoms with Crippen LogP contribution < -0.4 is 14.8 Å². The first kappa shape index (κ1) is 17.1. The Kier molecular flexibility index (Phi) is 5.47. The fourth-order valence-electron chi connectivity index (χ4n) is 2.57. The van der Waals surface area contributed by atoms with Crippen molar-refractivity contribution in [2.75, 3.05) is 20.3 Å². The second kappa shape index (κ2) is 7.35. The zero-order valence-electron chi connectivity index (χ0n) is 13.8. The van der Waals surface area contributed by atoms with Crippen LogP contribution in [0.4, 0.5) is 0 Å². The lowest BCUT2D eigenvalue weighted by Crippen LogP contribution is -2.52. The molecule has 1 aliphatic heterocycles. The molecule has 1 aromatic rings. The summed E-state index contributed by atoms with van der Waals surface area (Å²) in [5.74, 6) is 0.373. The van der Waals surface area contributed by atoms with Gasteiger partial charge in [-0.3, -0.25) is 4.79 Å². The van der Waals surface area contributed by atoms with Crippen LogP contribution in [-0.2, 0) is 9.53 Å². The van der Waals surface area contributed by atoms with Gasteiger partial charge in [-0.25, -0.2) is 4.79 Å². The Morgan fingerprint density at radius 1 is 1.26 bits per heavy atom. The SMILES string of the molecule is CCC[C@@](C)(NC(=O)c1ccc2c(c1)OCCCO2)C(=O)OC. The molecule has 1 amide bonds. The monoisotopic (exact) mass is 321 g/mol. The first-order chi connectivity index (χ1) is 11.0. The predicted octanol–water partition coefficient (Wildman–Crippen LogP) is 2.31. The van der Waals surface area contributed by atoms with Crippen molar-refractivity contribution in [2.24, 2.45) is 0 Å². The van der Waals surface area contributed by atoms with Gasteiger partial charge in [-0.15, -0.1) is 0 Å². The maximum atomic E-state index is 12.5. The fourth-order valence-corrected chi connectivity index (χ4v) is 2.57. The normalized spacial score (nSPS) is 16.0. The smallest absolute Gasteiger partial charge is 0.331 e. The van der Waals surface area contributed by atoms with Crippen LogP contribution in [0.3, 0.4) is 0 Å². The molecule has 1 aromatic carbocycles. The van der Waals surface area contributed by atoms with Crippen molar-refractivity contribution in [3.63, 3.8) is 0 Å². The molecule has 0 saturated heterocycles. The number of hydrogen-bond acceptors (Lipinski definition) is 5. The van der Waals surface area contributed by atoms with Crippen LogP contribution in [0.15, 0.2) is 18.2 Å². The zero-order valence-corrected chi connectivity index (χ0v) is 13.8. The van der Waals surface area contributed by atoms with E-state index in [9.17, 15) is 9.59 Å². The third-order valence-electron chi connectivity index (χ3n) is 3.79. The Balaban J connectivity index is 2.19. The molecule has 1 N–H and O–H groups in total. The molecule has 0 radical (unpaired) electrons. The number of carbonyl (C=O) groups is 2. The molecule has 0 unspecified atom stereocenters. The second-order valence-corrected chi connectivity index (χ2v) is 5.74. The van der Waals surface area contributed by atoms with E-state index in [2.05, 4.69) is 5.32 Å². The zero-order chi connectivity index (χ0) is 16.9. The molecule has 0 saturated carbocycles. The van der Waals surface area contributed by atoms with E-state index in [0.29, 0.717) is 36.7 Å². The van der Waals surface area contributed by atoms with Gasteiger partial charge in [-0.2, -0.15) is 0 Å². The maximum Gasteiger partial charge on any atom is 0.331 e. The number of rotatable bonds is 5.